The predicted molar refractivity (Wildman–Crippen MR) is 103 cm³/mol. The van der Waals surface area contributed by atoms with Gasteiger partial charge in [-0.05, 0) is 48.7 Å². The molecule has 166 valence electrons. The topological polar surface area (TPSA) is 73.7 Å². The molecule has 3 heterocycles. The SMILES string of the molecule is O=C(O)C(F)(F)F.O=C(c1ccc(F)cc1)N1CC[C@H]2[C@H]1CCN2Cc1cccnc1. The minimum Gasteiger partial charge on any atom is -0.475 e. The van der Waals surface area contributed by atoms with Crippen LogP contribution in [0.15, 0.2) is 48.8 Å². The van der Waals surface area contributed by atoms with Gasteiger partial charge in [-0.3, -0.25) is 14.7 Å². The molecule has 31 heavy (non-hydrogen) atoms. The molecular weight excluding hydrogens is 418 g/mol. The number of alkyl halides is 3. The number of benzene rings is 1. The Kier molecular flexibility index (Phi) is 6.89. The lowest BCUT2D eigenvalue weighted by atomic mass is 10.1. The molecule has 0 radical (unpaired) electrons. The first-order chi connectivity index (χ1) is 14.7. The third kappa shape index (κ3) is 5.57. The normalized spacial score (nSPS) is 20.7. The quantitative estimate of drug-likeness (QED) is 0.743. The number of fused-ring (bicyclic) bond motifs is 1. The Bertz CT molecular complexity index is 906. The Morgan fingerprint density at radius 3 is 2.29 bits per heavy atom. The fourth-order valence-electron chi connectivity index (χ4n) is 4.01. The zero-order valence-corrected chi connectivity index (χ0v) is 16.4. The molecule has 1 amide bonds. The van der Waals surface area contributed by atoms with E-state index in [9.17, 15) is 22.4 Å². The van der Waals surface area contributed by atoms with Crippen LogP contribution in [0.25, 0.3) is 0 Å². The molecule has 1 N–H and O–H groups in total. The standard InChI is InChI=1S/C19H20FN3O.C2HF3O2/c20-16-5-3-15(4-6-16)19(24)23-11-8-17-18(23)7-10-22(17)13-14-2-1-9-21-12-14;3-2(4,5)1(6)7/h1-6,9,12,17-18H,7-8,10-11,13H2;(H,6,7)/t17-,18+;/m0./s1. The van der Waals surface area contributed by atoms with E-state index in [0.717, 1.165) is 32.5 Å². The summed E-state index contributed by atoms with van der Waals surface area (Å²) in [4.78, 5) is 30.2. The van der Waals surface area contributed by atoms with E-state index in [-0.39, 0.29) is 17.8 Å². The number of nitrogens with zero attached hydrogens (tertiary/aromatic N) is 3. The van der Waals surface area contributed by atoms with Gasteiger partial charge in [0.1, 0.15) is 5.82 Å². The number of carboxylic acids is 1. The number of aliphatic carboxylic acids is 1. The molecule has 10 heteroatoms. The van der Waals surface area contributed by atoms with Crippen molar-refractivity contribution >= 4 is 11.9 Å². The average Bonchev–Trinajstić information content (AvgIpc) is 3.32. The monoisotopic (exact) mass is 439 g/mol. The molecule has 0 unspecified atom stereocenters. The second-order valence-corrected chi connectivity index (χ2v) is 7.35. The van der Waals surface area contributed by atoms with Gasteiger partial charge < -0.3 is 10.0 Å². The maximum Gasteiger partial charge on any atom is 0.490 e. The van der Waals surface area contributed by atoms with E-state index in [1.165, 1.54) is 17.7 Å². The molecule has 2 fully saturated rings. The number of aromatic nitrogens is 1. The number of pyridine rings is 1. The fourth-order valence-corrected chi connectivity index (χ4v) is 4.01. The molecular formula is C21H21F4N3O3. The van der Waals surface area contributed by atoms with Gasteiger partial charge in [-0.25, -0.2) is 9.18 Å². The van der Waals surface area contributed by atoms with E-state index in [1.54, 1.807) is 18.3 Å². The summed E-state index contributed by atoms with van der Waals surface area (Å²) in [5, 5.41) is 7.12. The number of amides is 1. The van der Waals surface area contributed by atoms with Crippen LogP contribution < -0.4 is 0 Å². The Morgan fingerprint density at radius 2 is 1.71 bits per heavy atom. The minimum absolute atomic E-state index is 0.0192. The Hall–Kier alpha value is -3.01. The van der Waals surface area contributed by atoms with Crippen molar-refractivity contribution in [1.82, 2.24) is 14.8 Å². The molecule has 0 spiro atoms. The molecule has 2 aliphatic rings. The maximum absolute atomic E-state index is 13.1. The zero-order valence-electron chi connectivity index (χ0n) is 16.4. The summed E-state index contributed by atoms with van der Waals surface area (Å²) in [6, 6.07) is 10.6. The van der Waals surface area contributed by atoms with E-state index in [2.05, 4.69) is 16.0 Å². The van der Waals surface area contributed by atoms with Gasteiger partial charge >= 0.3 is 12.1 Å². The second kappa shape index (κ2) is 9.42. The van der Waals surface area contributed by atoms with Crippen LogP contribution in [-0.2, 0) is 11.3 Å². The summed E-state index contributed by atoms with van der Waals surface area (Å²) in [7, 11) is 0. The molecule has 0 aliphatic carbocycles. The lowest BCUT2D eigenvalue weighted by Crippen LogP contribution is -2.39. The van der Waals surface area contributed by atoms with Crippen LogP contribution in [0.3, 0.4) is 0 Å². The van der Waals surface area contributed by atoms with Crippen LogP contribution in [0.5, 0.6) is 0 Å². The first-order valence-corrected chi connectivity index (χ1v) is 9.66. The number of hydrogen-bond donors (Lipinski definition) is 1. The lowest BCUT2D eigenvalue weighted by molar-refractivity contribution is -0.192. The second-order valence-electron chi connectivity index (χ2n) is 7.35. The van der Waals surface area contributed by atoms with Gasteiger partial charge in [0.05, 0.1) is 0 Å². The minimum atomic E-state index is -5.08. The van der Waals surface area contributed by atoms with Gasteiger partial charge in [-0.2, -0.15) is 13.2 Å². The van der Waals surface area contributed by atoms with Crippen LogP contribution in [0.1, 0.15) is 28.8 Å². The summed E-state index contributed by atoms with van der Waals surface area (Å²) >= 11 is 0. The number of carbonyl (C=O) groups is 2. The number of halogens is 4. The third-order valence-corrected chi connectivity index (χ3v) is 5.39. The zero-order chi connectivity index (χ0) is 22.6. The molecule has 0 bridgehead atoms. The molecule has 6 nitrogen and oxygen atoms in total. The van der Waals surface area contributed by atoms with Gasteiger partial charge in [-0.1, -0.05) is 6.07 Å². The Labute approximate surface area is 176 Å². The summed E-state index contributed by atoms with van der Waals surface area (Å²) in [5.41, 5.74) is 1.78. The van der Waals surface area contributed by atoms with Gasteiger partial charge in [-0.15, -0.1) is 0 Å². The van der Waals surface area contributed by atoms with Crippen LogP contribution in [0, 0.1) is 5.82 Å². The van der Waals surface area contributed by atoms with Crippen LogP contribution in [0.2, 0.25) is 0 Å². The van der Waals surface area contributed by atoms with Crippen molar-refractivity contribution in [1.29, 1.82) is 0 Å². The van der Waals surface area contributed by atoms with Crippen molar-refractivity contribution in [2.24, 2.45) is 0 Å². The van der Waals surface area contributed by atoms with Gasteiger partial charge in [0, 0.05) is 49.7 Å². The first-order valence-electron chi connectivity index (χ1n) is 9.66. The average molecular weight is 439 g/mol. The van der Waals surface area contributed by atoms with Gasteiger partial charge in [0.2, 0.25) is 0 Å². The van der Waals surface area contributed by atoms with Crippen molar-refractivity contribution in [3.05, 3.63) is 65.7 Å². The fraction of sp³-hybridized carbons (Fsp3) is 0.381. The number of rotatable bonds is 3. The lowest BCUT2D eigenvalue weighted by Gasteiger charge is -2.25. The number of likely N-dealkylation sites (tertiary alicyclic amines) is 2. The Morgan fingerprint density at radius 1 is 1.06 bits per heavy atom. The van der Waals surface area contributed by atoms with Crippen LogP contribution in [-0.4, -0.2) is 63.1 Å². The van der Waals surface area contributed by atoms with Crippen molar-refractivity contribution in [3.63, 3.8) is 0 Å². The molecule has 2 aromatic rings. The van der Waals surface area contributed by atoms with Crippen molar-refractivity contribution in [2.75, 3.05) is 13.1 Å². The molecule has 1 aromatic carbocycles. The van der Waals surface area contributed by atoms with Crippen LogP contribution >= 0.6 is 0 Å². The van der Waals surface area contributed by atoms with E-state index in [0.29, 0.717) is 11.6 Å². The van der Waals surface area contributed by atoms with Gasteiger partial charge in [0.15, 0.2) is 0 Å². The molecule has 1 aromatic heterocycles. The number of carbonyl (C=O) groups excluding carboxylic acids is 1. The summed E-state index contributed by atoms with van der Waals surface area (Å²) in [6.45, 7) is 2.65. The molecule has 4 rings (SSSR count). The molecule has 0 saturated carbocycles. The third-order valence-electron chi connectivity index (χ3n) is 5.39. The predicted octanol–water partition coefficient (Wildman–Crippen LogP) is 3.34. The van der Waals surface area contributed by atoms with E-state index in [4.69, 9.17) is 9.90 Å². The summed E-state index contributed by atoms with van der Waals surface area (Å²) in [6.07, 6.45) is 0.606. The first kappa shape index (κ1) is 22.7. The smallest absolute Gasteiger partial charge is 0.475 e. The van der Waals surface area contributed by atoms with Crippen LogP contribution in [0.4, 0.5) is 17.6 Å². The maximum atomic E-state index is 13.1. The summed E-state index contributed by atoms with van der Waals surface area (Å²) < 4.78 is 44.8. The Balaban J connectivity index is 0.000000339. The highest BCUT2D eigenvalue weighted by Gasteiger charge is 2.44. The van der Waals surface area contributed by atoms with Gasteiger partial charge in [0.25, 0.3) is 5.91 Å². The number of carboxylic acid groups (broad SMARTS) is 1. The largest absolute Gasteiger partial charge is 0.490 e. The summed E-state index contributed by atoms with van der Waals surface area (Å²) in [5.74, 6) is -3.05. The highest BCUT2D eigenvalue weighted by molar-refractivity contribution is 5.94. The van der Waals surface area contributed by atoms with Crippen molar-refractivity contribution in [3.8, 4) is 0 Å². The van der Waals surface area contributed by atoms with E-state index in [1.807, 2.05) is 17.2 Å². The van der Waals surface area contributed by atoms with Crippen molar-refractivity contribution < 1.29 is 32.3 Å². The highest BCUT2D eigenvalue weighted by atomic mass is 19.4. The van der Waals surface area contributed by atoms with E-state index < -0.39 is 12.1 Å². The van der Waals surface area contributed by atoms with Crippen molar-refractivity contribution in [2.45, 2.75) is 37.6 Å². The molecule has 2 atom stereocenters. The van der Waals surface area contributed by atoms with E-state index >= 15 is 0 Å². The number of hydrogen-bond acceptors (Lipinski definition) is 4. The molecule has 2 aliphatic heterocycles. The molecule has 2 saturated heterocycles. The highest BCUT2D eigenvalue weighted by Crippen LogP contribution is 2.33.